The molecule has 0 radical (unpaired) electrons. The molecule has 1 aliphatic carbocycles. The highest BCUT2D eigenvalue weighted by atomic mass is 16.5. The van der Waals surface area contributed by atoms with Crippen molar-refractivity contribution in [2.24, 2.45) is 5.41 Å². The molecule has 1 saturated carbocycles. The molecule has 1 atom stereocenters. The second kappa shape index (κ2) is 4.97. The molecule has 0 heterocycles. The average Bonchev–Trinajstić information content (AvgIpc) is 2.63. The molecule has 0 amide bonds. The van der Waals surface area contributed by atoms with Crippen LogP contribution in [0.15, 0.2) is 0 Å². The van der Waals surface area contributed by atoms with Crippen molar-refractivity contribution in [3.63, 3.8) is 0 Å². The van der Waals surface area contributed by atoms with Gasteiger partial charge in [-0.2, -0.15) is 0 Å². The summed E-state index contributed by atoms with van der Waals surface area (Å²) >= 11 is 0. The predicted molar refractivity (Wildman–Crippen MR) is 55.9 cm³/mol. The Labute approximate surface area is 82.0 Å². The molecule has 78 valence electrons. The number of methoxy groups -OCH3 is 1. The van der Waals surface area contributed by atoms with Gasteiger partial charge in [0, 0.05) is 13.2 Å². The Hall–Kier alpha value is -0.0800. The van der Waals surface area contributed by atoms with E-state index in [2.05, 4.69) is 19.3 Å². The van der Waals surface area contributed by atoms with Gasteiger partial charge in [0.15, 0.2) is 0 Å². The summed E-state index contributed by atoms with van der Waals surface area (Å²) in [7, 11) is 3.85. The summed E-state index contributed by atoms with van der Waals surface area (Å²) < 4.78 is 5.27. The molecule has 1 aliphatic rings. The summed E-state index contributed by atoms with van der Waals surface area (Å²) in [5, 5.41) is 3.41. The lowest BCUT2D eigenvalue weighted by Crippen LogP contribution is -2.45. The molecule has 1 fully saturated rings. The normalized spacial score (nSPS) is 23.3. The molecule has 1 rings (SSSR count). The third-order valence-electron chi connectivity index (χ3n) is 3.72. The fraction of sp³-hybridized carbons (Fsp3) is 1.00. The average molecular weight is 185 g/mol. The molecule has 0 aromatic carbocycles. The number of hydrogen-bond acceptors (Lipinski definition) is 2. The van der Waals surface area contributed by atoms with Crippen LogP contribution in [0.1, 0.15) is 39.0 Å². The molecule has 13 heavy (non-hydrogen) atoms. The molecular formula is C11H23NO. The first-order valence-corrected chi connectivity index (χ1v) is 5.45. The molecule has 0 saturated heterocycles. The van der Waals surface area contributed by atoms with Gasteiger partial charge in [0.05, 0.1) is 6.61 Å². The summed E-state index contributed by atoms with van der Waals surface area (Å²) in [4.78, 5) is 0. The monoisotopic (exact) mass is 185 g/mol. The molecule has 0 aliphatic heterocycles. The van der Waals surface area contributed by atoms with E-state index in [4.69, 9.17) is 4.74 Å². The SMILES string of the molecule is CCC1(C(COC)NC)CCCC1. The van der Waals surface area contributed by atoms with Crippen molar-refractivity contribution in [2.45, 2.75) is 45.1 Å². The minimum absolute atomic E-state index is 0.519. The summed E-state index contributed by atoms with van der Waals surface area (Å²) in [6, 6.07) is 0.546. The van der Waals surface area contributed by atoms with E-state index >= 15 is 0 Å². The topological polar surface area (TPSA) is 21.3 Å². The first kappa shape index (κ1) is 11.0. The maximum atomic E-state index is 5.27. The molecule has 1 N–H and O–H groups in total. The van der Waals surface area contributed by atoms with Crippen LogP contribution in [0.5, 0.6) is 0 Å². The molecule has 0 spiro atoms. The van der Waals surface area contributed by atoms with Gasteiger partial charge in [-0.05, 0) is 31.7 Å². The number of likely N-dealkylation sites (N-methyl/N-ethyl adjacent to an activating group) is 1. The maximum Gasteiger partial charge on any atom is 0.0621 e. The van der Waals surface area contributed by atoms with Gasteiger partial charge in [-0.25, -0.2) is 0 Å². The second-order valence-electron chi connectivity index (χ2n) is 4.22. The van der Waals surface area contributed by atoms with E-state index in [0.717, 1.165) is 6.61 Å². The first-order chi connectivity index (χ1) is 6.29. The van der Waals surface area contributed by atoms with E-state index in [0.29, 0.717) is 11.5 Å². The van der Waals surface area contributed by atoms with E-state index in [9.17, 15) is 0 Å². The van der Waals surface area contributed by atoms with Crippen LogP contribution in [0, 0.1) is 5.41 Å². The molecule has 0 aromatic rings. The second-order valence-corrected chi connectivity index (χ2v) is 4.22. The highest BCUT2D eigenvalue weighted by Gasteiger charge is 2.38. The minimum atomic E-state index is 0.519. The fourth-order valence-corrected chi connectivity index (χ4v) is 2.76. The van der Waals surface area contributed by atoms with E-state index < -0.39 is 0 Å². The van der Waals surface area contributed by atoms with E-state index in [1.807, 2.05) is 0 Å². The Balaban J connectivity index is 2.60. The van der Waals surface area contributed by atoms with Gasteiger partial charge in [-0.15, -0.1) is 0 Å². The van der Waals surface area contributed by atoms with Crippen LogP contribution in [-0.4, -0.2) is 26.8 Å². The summed E-state index contributed by atoms with van der Waals surface area (Å²) in [5.74, 6) is 0. The standard InChI is InChI=1S/C11H23NO/c1-4-11(7-5-6-8-11)10(12-2)9-13-3/h10,12H,4-9H2,1-3H3. The lowest BCUT2D eigenvalue weighted by Gasteiger charge is -2.36. The number of nitrogens with one attached hydrogen (secondary N) is 1. The van der Waals surface area contributed by atoms with Crippen molar-refractivity contribution in [3.8, 4) is 0 Å². The van der Waals surface area contributed by atoms with Crippen LogP contribution in [0.3, 0.4) is 0 Å². The van der Waals surface area contributed by atoms with E-state index in [1.165, 1.54) is 32.1 Å². The van der Waals surface area contributed by atoms with Crippen molar-refractivity contribution in [1.82, 2.24) is 5.32 Å². The van der Waals surface area contributed by atoms with Crippen molar-refractivity contribution < 1.29 is 4.74 Å². The molecule has 0 aromatic heterocycles. The Bertz CT molecular complexity index is 141. The van der Waals surface area contributed by atoms with Gasteiger partial charge in [0.2, 0.25) is 0 Å². The summed E-state index contributed by atoms with van der Waals surface area (Å²) in [5.41, 5.74) is 0.519. The van der Waals surface area contributed by atoms with Gasteiger partial charge in [-0.3, -0.25) is 0 Å². The zero-order valence-corrected chi connectivity index (χ0v) is 9.23. The lowest BCUT2D eigenvalue weighted by atomic mass is 9.76. The van der Waals surface area contributed by atoms with Crippen molar-refractivity contribution in [3.05, 3.63) is 0 Å². The third kappa shape index (κ3) is 2.23. The largest absolute Gasteiger partial charge is 0.383 e. The highest BCUT2D eigenvalue weighted by Crippen LogP contribution is 2.43. The Morgan fingerprint density at radius 3 is 2.38 bits per heavy atom. The van der Waals surface area contributed by atoms with Crippen molar-refractivity contribution >= 4 is 0 Å². The third-order valence-corrected chi connectivity index (χ3v) is 3.72. The van der Waals surface area contributed by atoms with E-state index in [1.54, 1.807) is 7.11 Å². The van der Waals surface area contributed by atoms with Crippen LogP contribution >= 0.6 is 0 Å². The molecular weight excluding hydrogens is 162 g/mol. The zero-order valence-electron chi connectivity index (χ0n) is 9.23. The van der Waals surface area contributed by atoms with E-state index in [-0.39, 0.29) is 0 Å². The molecule has 1 unspecified atom stereocenters. The summed E-state index contributed by atoms with van der Waals surface area (Å²) in [6.07, 6.45) is 6.82. The summed E-state index contributed by atoms with van der Waals surface area (Å²) in [6.45, 7) is 3.16. The van der Waals surface area contributed by atoms with Gasteiger partial charge in [-0.1, -0.05) is 19.8 Å². The Kier molecular flexibility index (Phi) is 4.20. The smallest absolute Gasteiger partial charge is 0.0621 e. The van der Waals surface area contributed by atoms with Crippen LogP contribution in [0.4, 0.5) is 0 Å². The van der Waals surface area contributed by atoms with Crippen LogP contribution < -0.4 is 5.32 Å². The minimum Gasteiger partial charge on any atom is -0.383 e. The number of rotatable bonds is 5. The zero-order chi connectivity index (χ0) is 9.73. The van der Waals surface area contributed by atoms with Crippen molar-refractivity contribution in [2.75, 3.05) is 20.8 Å². The highest BCUT2D eigenvalue weighted by molar-refractivity contribution is 4.93. The number of hydrogen-bond donors (Lipinski definition) is 1. The quantitative estimate of drug-likeness (QED) is 0.709. The predicted octanol–water partition coefficient (Wildman–Crippen LogP) is 2.19. The lowest BCUT2D eigenvalue weighted by molar-refractivity contribution is 0.0896. The first-order valence-electron chi connectivity index (χ1n) is 5.45. The fourth-order valence-electron chi connectivity index (χ4n) is 2.76. The van der Waals surface area contributed by atoms with Crippen LogP contribution in [-0.2, 0) is 4.74 Å². The number of ether oxygens (including phenoxy) is 1. The van der Waals surface area contributed by atoms with Gasteiger partial charge >= 0.3 is 0 Å². The van der Waals surface area contributed by atoms with Crippen LogP contribution in [0.2, 0.25) is 0 Å². The van der Waals surface area contributed by atoms with Gasteiger partial charge in [0.25, 0.3) is 0 Å². The molecule has 2 heteroatoms. The maximum absolute atomic E-state index is 5.27. The molecule has 2 nitrogen and oxygen atoms in total. The van der Waals surface area contributed by atoms with Crippen molar-refractivity contribution in [1.29, 1.82) is 0 Å². The Morgan fingerprint density at radius 1 is 1.38 bits per heavy atom. The Morgan fingerprint density at radius 2 is 2.00 bits per heavy atom. The van der Waals surface area contributed by atoms with Gasteiger partial charge < -0.3 is 10.1 Å². The molecule has 0 bridgehead atoms. The van der Waals surface area contributed by atoms with Crippen LogP contribution in [0.25, 0.3) is 0 Å². The van der Waals surface area contributed by atoms with Gasteiger partial charge in [0.1, 0.15) is 0 Å².